The third-order valence-corrected chi connectivity index (χ3v) is 2.02. The van der Waals surface area contributed by atoms with Crippen LogP contribution in [0.2, 0.25) is 0 Å². The molecule has 0 fully saturated rings. The van der Waals surface area contributed by atoms with Crippen molar-refractivity contribution in [1.29, 1.82) is 0 Å². The van der Waals surface area contributed by atoms with Gasteiger partial charge in [0.05, 0.1) is 12.1 Å². The minimum atomic E-state index is -1.03. The maximum absolute atomic E-state index is 10.4. The van der Waals surface area contributed by atoms with Crippen LogP contribution in [0.15, 0.2) is 0 Å². The van der Waals surface area contributed by atoms with Crippen molar-refractivity contribution in [3.05, 3.63) is 0 Å². The molecule has 0 heterocycles. The van der Waals surface area contributed by atoms with E-state index in [1.165, 1.54) is 0 Å². The maximum atomic E-state index is 10.4. The lowest BCUT2D eigenvalue weighted by atomic mass is 9.86. The first-order valence-electron chi connectivity index (χ1n) is 3.46. The highest BCUT2D eigenvalue weighted by Crippen LogP contribution is 2.14. The molecule has 0 saturated carbocycles. The Hall–Kier alpha value is -0.410. The van der Waals surface area contributed by atoms with Gasteiger partial charge in [0.1, 0.15) is 6.29 Å². The lowest BCUT2D eigenvalue weighted by Crippen LogP contribution is -2.50. The highest BCUT2D eigenvalue weighted by atomic mass is 16.3. The number of carbonyl (C=O) groups excluding carboxylic acids is 1. The zero-order valence-electron chi connectivity index (χ0n) is 6.50. The molecule has 0 aliphatic heterocycles. The van der Waals surface area contributed by atoms with E-state index in [0.717, 1.165) is 6.42 Å². The molecular formula is C7H15NO2. The Morgan fingerprint density at radius 3 is 2.40 bits per heavy atom. The van der Waals surface area contributed by atoms with Gasteiger partial charge in [-0.3, -0.25) is 0 Å². The Bertz CT molecular complexity index is 116. The molecule has 0 rings (SSSR count). The molecule has 0 amide bonds. The standard InChI is InChI=1S/C7H15NO2/c1-3-6(2)7(8,4-9)5-10/h4,6,10H,3,5,8H2,1-2H3/t6-,7+/m1/s1. The van der Waals surface area contributed by atoms with E-state index < -0.39 is 5.54 Å². The fourth-order valence-electron chi connectivity index (χ4n) is 0.689. The number of hydrogen-bond donors (Lipinski definition) is 2. The molecule has 0 aliphatic rings. The summed E-state index contributed by atoms with van der Waals surface area (Å²) in [4.78, 5) is 10.4. The van der Waals surface area contributed by atoms with E-state index in [9.17, 15) is 4.79 Å². The lowest BCUT2D eigenvalue weighted by molar-refractivity contribution is -0.115. The summed E-state index contributed by atoms with van der Waals surface area (Å²) in [6.45, 7) is 3.52. The summed E-state index contributed by atoms with van der Waals surface area (Å²) < 4.78 is 0. The molecule has 10 heavy (non-hydrogen) atoms. The van der Waals surface area contributed by atoms with Gasteiger partial charge < -0.3 is 15.6 Å². The van der Waals surface area contributed by atoms with E-state index in [0.29, 0.717) is 6.29 Å². The van der Waals surface area contributed by atoms with E-state index >= 15 is 0 Å². The predicted molar refractivity (Wildman–Crippen MR) is 39.5 cm³/mol. The summed E-state index contributed by atoms with van der Waals surface area (Å²) in [7, 11) is 0. The molecule has 0 saturated heterocycles. The fourth-order valence-corrected chi connectivity index (χ4v) is 0.689. The van der Waals surface area contributed by atoms with Gasteiger partial charge in [-0.05, 0) is 5.92 Å². The van der Waals surface area contributed by atoms with Gasteiger partial charge in [0, 0.05) is 0 Å². The van der Waals surface area contributed by atoms with Crippen molar-refractivity contribution in [3.63, 3.8) is 0 Å². The summed E-state index contributed by atoms with van der Waals surface area (Å²) in [6.07, 6.45) is 1.43. The van der Waals surface area contributed by atoms with Crippen molar-refractivity contribution in [1.82, 2.24) is 0 Å². The second-order valence-electron chi connectivity index (χ2n) is 2.70. The van der Waals surface area contributed by atoms with Crippen LogP contribution in [0.5, 0.6) is 0 Å². The molecule has 0 aromatic heterocycles. The summed E-state index contributed by atoms with van der Waals surface area (Å²) in [6, 6.07) is 0. The maximum Gasteiger partial charge on any atom is 0.142 e. The Morgan fingerprint density at radius 2 is 2.30 bits per heavy atom. The Morgan fingerprint density at radius 1 is 1.80 bits per heavy atom. The van der Waals surface area contributed by atoms with Gasteiger partial charge >= 0.3 is 0 Å². The SMILES string of the molecule is CC[C@@H](C)[C@](N)(C=O)CO. The fraction of sp³-hybridized carbons (Fsp3) is 0.857. The van der Waals surface area contributed by atoms with Crippen LogP contribution in [0.1, 0.15) is 20.3 Å². The monoisotopic (exact) mass is 145 g/mol. The summed E-state index contributed by atoms with van der Waals surface area (Å²) in [5.41, 5.74) is 4.50. The Kier molecular flexibility index (Phi) is 3.53. The number of aliphatic hydroxyl groups is 1. The quantitative estimate of drug-likeness (QED) is 0.544. The second-order valence-corrected chi connectivity index (χ2v) is 2.70. The minimum Gasteiger partial charge on any atom is -0.394 e. The number of aldehydes is 1. The first-order chi connectivity index (χ1) is 4.60. The molecule has 0 bridgehead atoms. The molecule has 0 unspecified atom stereocenters. The molecule has 3 N–H and O–H groups in total. The number of rotatable bonds is 4. The Balaban J connectivity index is 4.16. The van der Waals surface area contributed by atoms with Crippen molar-refractivity contribution >= 4 is 6.29 Å². The smallest absolute Gasteiger partial charge is 0.142 e. The number of nitrogens with two attached hydrogens (primary N) is 1. The van der Waals surface area contributed by atoms with Crippen LogP contribution in [0.25, 0.3) is 0 Å². The molecule has 3 nitrogen and oxygen atoms in total. The van der Waals surface area contributed by atoms with E-state index in [1.54, 1.807) is 0 Å². The van der Waals surface area contributed by atoms with Crippen molar-refractivity contribution in [2.45, 2.75) is 25.8 Å². The zero-order valence-corrected chi connectivity index (χ0v) is 6.50. The third kappa shape index (κ3) is 1.78. The van der Waals surface area contributed by atoms with Crippen LogP contribution in [0, 0.1) is 5.92 Å². The van der Waals surface area contributed by atoms with Crippen LogP contribution >= 0.6 is 0 Å². The van der Waals surface area contributed by atoms with Crippen molar-refractivity contribution in [2.24, 2.45) is 11.7 Å². The number of aliphatic hydroxyl groups excluding tert-OH is 1. The lowest BCUT2D eigenvalue weighted by Gasteiger charge is -2.26. The van der Waals surface area contributed by atoms with Crippen molar-refractivity contribution in [3.8, 4) is 0 Å². The van der Waals surface area contributed by atoms with Gasteiger partial charge in [0.25, 0.3) is 0 Å². The van der Waals surface area contributed by atoms with Gasteiger partial charge in [-0.1, -0.05) is 20.3 Å². The topological polar surface area (TPSA) is 63.3 Å². The Labute approximate surface area is 61.2 Å². The highest BCUT2D eigenvalue weighted by Gasteiger charge is 2.29. The third-order valence-electron chi connectivity index (χ3n) is 2.02. The largest absolute Gasteiger partial charge is 0.394 e. The number of hydrogen-bond acceptors (Lipinski definition) is 3. The molecule has 0 spiro atoms. The number of carbonyl (C=O) groups is 1. The van der Waals surface area contributed by atoms with E-state index in [2.05, 4.69) is 0 Å². The van der Waals surface area contributed by atoms with Gasteiger partial charge in [0.15, 0.2) is 0 Å². The zero-order chi connectivity index (χ0) is 8.20. The molecule has 0 aromatic carbocycles. The van der Waals surface area contributed by atoms with Gasteiger partial charge in [-0.15, -0.1) is 0 Å². The first kappa shape index (κ1) is 9.59. The van der Waals surface area contributed by atoms with E-state index in [4.69, 9.17) is 10.8 Å². The molecule has 0 aromatic rings. The van der Waals surface area contributed by atoms with Crippen LogP contribution in [0.3, 0.4) is 0 Å². The van der Waals surface area contributed by atoms with Crippen molar-refractivity contribution in [2.75, 3.05) is 6.61 Å². The average Bonchev–Trinajstić information content (AvgIpc) is 2.01. The molecule has 2 atom stereocenters. The molecule has 3 heteroatoms. The molecular weight excluding hydrogens is 130 g/mol. The molecule has 60 valence electrons. The average molecular weight is 145 g/mol. The van der Waals surface area contributed by atoms with Crippen molar-refractivity contribution < 1.29 is 9.90 Å². The summed E-state index contributed by atoms with van der Waals surface area (Å²) >= 11 is 0. The van der Waals surface area contributed by atoms with Gasteiger partial charge in [0.2, 0.25) is 0 Å². The normalized spacial score (nSPS) is 19.6. The van der Waals surface area contributed by atoms with Gasteiger partial charge in [-0.25, -0.2) is 0 Å². The van der Waals surface area contributed by atoms with Gasteiger partial charge in [-0.2, -0.15) is 0 Å². The van der Waals surface area contributed by atoms with Crippen LogP contribution in [0.4, 0.5) is 0 Å². The summed E-state index contributed by atoms with van der Waals surface area (Å²) in [5, 5.41) is 8.73. The predicted octanol–water partition coefficient (Wildman–Crippen LogP) is -0.0788. The molecule has 0 aliphatic carbocycles. The highest BCUT2D eigenvalue weighted by molar-refractivity contribution is 5.64. The van der Waals surface area contributed by atoms with E-state index in [-0.39, 0.29) is 12.5 Å². The van der Waals surface area contributed by atoms with Crippen LogP contribution in [-0.4, -0.2) is 23.5 Å². The molecule has 0 radical (unpaired) electrons. The first-order valence-corrected chi connectivity index (χ1v) is 3.46. The minimum absolute atomic E-state index is 0.0370. The second kappa shape index (κ2) is 3.68. The summed E-state index contributed by atoms with van der Waals surface area (Å²) in [5.74, 6) is 0.0370. The van der Waals surface area contributed by atoms with Crippen LogP contribution in [-0.2, 0) is 4.79 Å². The van der Waals surface area contributed by atoms with E-state index in [1.807, 2.05) is 13.8 Å². The van der Waals surface area contributed by atoms with Crippen LogP contribution < -0.4 is 5.73 Å².